The SMILES string of the molecule is CCOP(=O)(OCC)OCC[C@@H](CCn1cnc2c(NC)ncnc21)C(F)(F)P(=O)(OCC)OCC. The van der Waals surface area contributed by atoms with Crippen molar-refractivity contribution < 1.29 is 40.5 Å². The van der Waals surface area contributed by atoms with E-state index in [4.69, 9.17) is 22.6 Å². The minimum Gasteiger partial charge on any atom is -0.371 e. The Labute approximate surface area is 209 Å². The molecule has 2 aromatic rings. The number of aryl methyl sites for hydroxylation is 1. The van der Waals surface area contributed by atoms with Crippen LogP contribution in [0.1, 0.15) is 40.5 Å². The molecule has 0 unspecified atom stereocenters. The number of nitrogens with zero attached hydrogens (tertiary/aromatic N) is 4. The van der Waals surface area contributed by atoms with Crippen LogP contribution in [-0.2, 0) is 38.3 Å². The summed E-state index contributed by atoms with van der Waals surface area (Å²) in [7, 11) is -7.07. The molecule has 2 rings (SSSR count). The molecule has 0 fully saturated rings. The molecule has 0 aromatic carbocycles. The third-order valence-corrected chi connectivity index (χ3v) is 9.04. The summed E-state index contributed by atoms with van der Waals surface area (Å²) < 4.78 is 84.1. The second-order valence-corrected chi connectivity index (χ2v) is 11.2. The summed E-state index contributed by atoms with van der Waals surface area (Å²) in [6.07, 6.45) is 2.31. The first-order valence-electron chi connectivity index (χ1n) is 11.8. The van der Waals surface area contributed by atoms with Crippen LogP contribution in [0, 0.1) is 5.92 Å². The van der Waals surface area contributed by atoms with Gasteiger partial charge in [-0.2, -0.15) is 8.78 Å². The van der Waals surface area contributed by atoms with Gasteiger partial charge in [-0.1, -0.05) is 0 Å². The lowest BCUT2D eigenvalue weighted by atomic mass is 10.0. The summed E-state index contributed by atoms with van der Waals surface area (Å²) in [6, 6.07) is 0. The number of fused-ring (bicyclic) bond motifs is 1. The molecule has 0 saturated carbocycles. The summed E-state index contributed by atoms with van der Waals surface area (Å²) in [5.41, 5.74) is -2.94. The van der Waals surface area contributed by atoms with Crippen molar-refractivity contribution in [2.24, 2.45) is 5.92 Å². The van der Waals surface area contributed by atoms with Gasteiger partial charge in [-0.15, -0.1) is 0 Å². The first-order chi connectivity index (χ1) is 17.1. The normalized spacial score (nSPS) is 13.9. The molecule has 0 amide bonds. The van der Waals surface area contributed by atoms with Crippen molar-refractivity contribution in [2.75, 3.05) is 45.4 Å². The molecule has 1 atom stereocenters. The fourth-order valence-electron chi connectivity index (χ4n) is 3.52. The number of halogens is 2. The van der Waals surface area contributed by atoms with E-state index in [0.29, 0.717) is 17.0 Å². The molecule has 0 aliphatic rings. The van der Waals surface area contributed by atoms with Gasteiger partial charge in [-0.05, 0) is 40.5 Å². The van der Waals surface area contributed by atoms with Gasteiger partial charge in [0, 0.05) is 19.5 Å². The standard InChI is InChI=1S/C20H35F2N5O7P2/c1-6-30-35(28,31-7-2)20(21,22)16(11-13-34-36(29,32-8-3)33-9-4)10-12-27-15-26-17-18(23-5)24-14-25-19(17)27/h14-16H,6-13H2,1-5H3,(H,23,24,25)/t16-/m1/s1. The van der Waals surface area contributed by atoms with Gasteiger partial charge < -0.3 is 18.9 Å². The summed E-state index contributed by atoms with van der Waals surface area (Å²) in [5, 5.41) is 2.90. The lowest BCUT2D eigenvalue weighted by Gasteiger charge is -2.32. The molecule has 0 saturated heterocycles. The molecular weight excluding hydrogens is 522 g/mol. The van der Waals surface area contributed by atoms with E-state index in [1.807, 2.05) is 0 Å². The molecule has 12 nitrogen and oxygen atoms in total. The van der Waals surface area contributed by atoms with Crippen LogP contribution in [0.15, 0.2) is 12.7 Å². The predicted octanol–water partition coefficient (Wildman–Crippen LogP) is 5.32. The highest BCUT2D eigenvalue weighted by Gasteiger charge is 2.58. The number of aromatic nitrogens is 4. The molecule has 2 aromatic heterocycles. The highest BCUT2D eigenvalue weighted by Crippen LogP contribution is 2.66. The quantitative estimate of drug-likeness (QED) is 0.239. The lowest BCUT2D eigenvalue weighted by molar-refractivity contribution is -0.0257. The maximum atomic E-state index is 15.7. The van der Waals surface area contributed by atoms with Crippen LogP contribution in [-0.4, -0.2) is 65.3 Å². The van der Waals surface area contributed by atoms with Crippen molar-refractivity contribution in [3.8, 4) is 0 Å². The Balaban J connectivity index is 2.30. The van der Waals surface area contributed by atoms with E-state index in [1.54, 1.807) is 25.5 Å². The fraction of sp³-hybridized carbons (Fsp3) is 0.750. The minimum atomic E-state index is -4.83. The van der Waals surface area contributed by atoms with Gasteiger partial charge in [-0.25, -0.2) is 19.5 Å². The minimum absolute atomic E-state index is 0.0465. The number of phosphoric acid groups is 1. The zero-order valence-corrected chi connectivity index (χ0v) is 23.0. The van der Waals surface area contributed by atoms with E-state index in [-0.39, 0.29) is 45.8 Å². The van der Waals surface area contributed by atoms with Gasteiger partial charge in [-0.3, -0.25) is 18.1 Å². The predicted molar refractivity (Wildman–Crippen MR) is 130 cm³/mol. The van der Waals surface area contributed by atoms with Gasteiger partial charge in [0.1, 0.15) is 11.8 Å². The number of rotatable bonds is 18. The lowest BCUT2D eigenvalue weighted by Crippen LogP contribution is -2.32. The van der Waals surface area contributed by atoms with Crippen molar-refractivity contribution in [2.45, 2.75) is 52.7 Å². The van der Waals surface area contributed by atoms with Gasteiger partial charge >= 0.3 is 21.1 Å². The highest BCUT2D eigenvalue weighted by molar-refractivity contribution is 7.55. The molecule has 0 radical (unpaired) electrons. The number of phosphoric ester groups is 1. The molecule has 0 aliphatic carbocycles. The number of anilines is 1. The average molecular weight is 557 g/mol. The summed E-state index contributed by atoms with van der Waals surface area (Å²) in [5.74, 6) is -1.05. The molecule has 206 valence electrons. The van der Waals surface area contributed by atoms with Crippen LogP contribution in [0.3, 0.4) is 0 Å². The van der Waals surface area contributed by atoms with Crippen molar-refractivity contribution in [3.63, 3.8) is 0 Å². The second kappa shape index (κ2) is 13.9. The zero-order chi connectivity index (χ0) is 26.8. The molecule has 0 spiro atoms. The fourth-order valence-corrected chi connectivity index (χ4v) is 6.51. The second-order valence-electron chi connectivity index (χ2n) is 7.39. The molecule has 1 N–H and O–H groups in total. The Kier molecular flexibility index (Phi) is 11.8. The number of hydrogen-bond donors (Lipinski definition) is 1. The summed E-state index contributed by atoms with van der Waals surface area (Å²) >= 11 is 0. The van der Waals surface area contributed by atoms with E-state index < -0.39 is 33.6 Å². The molecule has 0 bridgehead atoms. The molecule has 0 aliphatic heterocycles. The highest BCUT2D eigenvalue weighted by atomic mass is 31.2. The topological polar surface area (TPSA) is 136 Å². The van der Waals surface area contributed by atoms with Crippen LogP contribution >= 0.6 is 15.4 Å². The largest absolute Gasteiger partial charge is 0.474 e. The van der Waals surface area contributed by atoms with E-state index in [9.17, 15) is 9.13 Å². The average Bonchev–Trinajstić information content (AvgIpc) is 3.25. The van der Waals surface area contributed by atoms with Gasteiger partial charge in [0.2, 0.25) is 0 Å². The van der Waals surface area contributed by atoms with Gasteiger partial charge in [0.25, 0.3) is 0 Å². The summed E-state index contributed by atoms with van der Waals surface area (Å²) in [4.78, 5) is 12.5. The maximum Gasteiger partial charge on any atom is 0.474 e. The Morgan fingerprint density at radius 1 is 0.944 bits per heavy atom. The number of hydrogen-bond acceptors (Lipinski definition) is 11. The number of imidazole rings is 1. The van der Waals surface area contributed by atoms with E-state index in [1.165, 1.54) is 26.5 Å². The Morgan fingerprint density at radius 2 is 1.56 bits per heavy atom. The van der Waals surface area contributed by atoms with Crippen molar-refractivity contribution >= 4 is 32.4 Å². The van der Waals surface area contributed by atoms with E-state index >= 15 is 8.78 Å². The van der Waals surface area contributed by atoms with Crippen LogP contribution in [0.5, 0.6) is 0 Å². The Bertz CT molecular complexity index is 1040. The van der Waals surface area contributed by atoms with Crippen LogP contribution in [0.2, 0.25) is 0 Å². The van der Waals surface area contributed by atoms with E-state index in [0.717, 1.165) is 0 Å². The smallest absolute Gasteiger partial charge is 0.371 e. The van der Waals surface area contributed by atoms with Crippen LogP contribution < -0.4 is 5.32 Å². The van der Waals surface area contributed by atoms with Gasteiger partial charge in [0.05, 0.1) is 39.4 Å². The zero-order valence-electron chi connectivity index (χ0n) is 21.2. The first-order valence-corrected chi connectivity index (χ1v) is 14.8. The third kappa shape index (κ3) is 7.28. The third-order valence-electron chi connectivity index (χ3n) is 5.10. The number of alkyl halides is 2. The monoisotopic (exact) mass is 557 g/mol. The Morgan fingerprint density at radius 3 is 2.11 bits per heavy atom. The molecule has 36 heavy (non-hydrogen) atoms. The van der Waals surface area contributed by atoms with E-state index in [2.05, 4.69) is 20.3 Å². The summed E-state index contributed by atoms with van der Waals surface area (Å²) in [6.45, 7) is 5.42. The van der Waals surface area contributed by atoms with Crippen LogP contribution in [0.4, 0.5) is 14.6 Å². The molecular formula is C20H35F2N5O7P2. The van der Waals surface area contributed by atoms with Crippen molar-refractivity contribution in [3.05, 3.63) is 12.7 Å². The van der Waals surface area contributed by atoms with Crippen LogP contribution in [0.25, 0.3) is 11.2 Å². The Hall–Kier alpha value is -1.53. The molecule has 2 heterocycles. The number of nitrogens with one attached hydrogen (secondary N) is 1. The molecule has 16 heteroatoms. The first kappa shape index (κ1) is 30.7. The maximum absolute atomic E-state index is 15.7. The van der Waals surface area contributed by atoms with Crippen molar-refractivity contribution in [1.82, 2.24) is 19.5 Å². The van der Waals surface area contributed by atoms with Gasteiger partial charge in [0.15, 0.2) is 11.5 Å². The van der Waals surface area contributed by atoms with Crippen molar-refractivity contribution in [1.29, 1.82) is 0 Å².